The van der Waals surface area contributed by atoms with Gasteiger partial charge in [-0.2, -0.15) is 5.26 Å². The van der Waals surface area contributed by atoms with Crippen LogP contribution in [0.4, 0.5) is 0 Å². The topological polar surface area (TPSA) is 79.0 Å². The van der Waals surface area contributed by atoms with E-state index in [1.54, 1.807) is 17.7 Å². The van der Waals surface area contributed by atoms with Crippen LogP contribution >= 0.6 is 11.8 Å². The van der Waals surface area contributed by atoms with E-state index in [0.717, 1.165) is 12.8 Å². The van der Waals surface area contributed by atoms with Crippen molar-refractivity contribution in [1.82, 2.24) is 14.5 Å². The van der Waals surface area contributed by atoms with Gasteiger partial charge in [-0.3, -0.25) is 14.2 Å². The minimum Gasteiger partial charge on any atom is -0.344 e. The van der Waals surface area contributed by atoms with Crippen LogP contribution in [0.15, 0.2) is 64.5 Å². The molecule has 2 aromatic carbocycles. The average molecular weight is 421 g/mol. The zero-order chi connectivity index (χ0) is 21.3. The maximum absolute atomic E-state index is 13.1. The summed E-state index contributed by atoms with van der Waals surface area (Å²) in [6.45, 7) is 0.928. The van der Waals surface area contributed by atoms with E-state index in [9.17, 15) is 9.59 Å². The molecule has 6 nitrogen and oxygen atoms in total. The molecule has 3 aromatic rings. The van der Waals surface area contributed by atoms with Crippen molar-refractivity contribution in [2.24, 2.45) is 0 Å². The van der Waals surface area contributed by atoms with Gasteiger partial charge in [-0.05, 0) is 30.5 Å². The van der Waals surface area contributed by atoms with Crippen molar-refractivity contribution in [3.05, 3.63) is 70.5 Å². The molecule has 1 heterocycles. The lowest BCUT2D eigenvalue weighted by Gasteiger charge is -2.16. The Kier molecular flexibility index (Phi) is 7.63. The molecule has 0 N–H and O–H groups in total. The fourth-order valence-electron chi connectivity index (χ4n) is 3.12. The highest BCUT2D eigenvalue weighted by molar-refractivity contribution is 7.99. The van der Waals surface area contributed by atoms with Crippen LogP contribution in [-0.2, 0) is 17.8 Å². The Hall–Kier alpha value is -3.11. The SMILES string of the molecule is CN(CCC#N)C(=O)CSc1nc2ccccc2c(=O)n1CCCc1ccccc1. The number of thioether (sulfide) groups is 1. The van der Waals surface area contributed by atoms with Gasteiger partial charge < -0.3 is 4.90 Å². The molecule has 0 aliphatic heterocycles. The third kappa shape index (κ3) is 5.49. The monoisotopic (exact) mass is 420 g/mol. The molecule has 3 rings (SSSR count). The van der Waals surface area contributed by atoms with E-state index in [1.165, 1.54) is 22.2 Å². The highest BCUT2D eigenvalue weighted by Gasteiger charge is 2.15. The summed E-state index contributed by atoms with van der Waals surface area (Å²) in [6.07, 6.45) is 1.96. The van der Waals surface area contributed by atoms with Gasteiger partial charge in [0, 0.05) is 20.1 Å². The number of amides is 1. The Morgan fingerprint density at radius 1 is 1.17 bits per heavy atom. The number of nitrogens with zero attached hydrogens (tertiary/aromatic N) is 4. The third-order valence-corrected chi connectivity index (χ3v) is 5.79. The summed E-state index contributed by atoms with van der Waals surface area (Å²) >= 11 is 1.27. The first-order valence-electron chi connectivity index (χ1n) is 9.87. The van der Waals surface area contributed by atoms with E-state index in [4.69, 9.17) is 5.26 Å². The summed E-state index contributed by atoms with van der Waals surface area (Å²) < 4.78 is 1.68. The molecule has 0 bridgehead atoms. The van der Waals surface area contributed by atoms with E-state index < -0.39 is 0 Å². The Morgan fingerprint density at radius 3 is 2.67 bits per heavy atom. The van der Waals surface area contributed by atoms with Crippen LogP contribution in [0.25, 0.3) is 10.9 Å². The lowest BCUT2D eigenvalue weighted by atomic mass is 10.1. The Bertz CT molecular complexity index is 1110. The lowest BCUT2D eigenvalue weighted by Crippen LogP contribution is -2.30. The van der Waals surface area contributed by atoms with Crippen LogP contribution in [0.5, 0.6) is 0 Å². The van der Waals surface area contributed by atoms with Crippen molar-refractivity contribution in [2.75, 3.05) is 19.3 Å². The van der Waals surface area contributed by atoms with E-state index in [2.05, 4.69) is 17.1 Å². The van der Waals surface area contributed by atoms with Gasteiger partial charge in [0.05, 0.1) is 29.1 Å². The van der Waals surface area contributed by atoms with Gasteiger partial charge in [-0.15, -0.1) is 0 Å². The molecule has 0 fully saturated rings. The van der Waals surface area contributed by atoms with E-state index >= 15 is 0 Å². The van der Waals surface area contributed by atoms with Crippen LogP contribution in [0.1, 0.15) is 18.4 Å². The maximum atomic E-state index is 13.1. The molecule has 7 heteroatoms. The van der Waals surface area contributed by atoms with Gasteiger partial charge in [0.1, 0.15) is 0 Å². The van der Waals surface area contributed by atoms with Gasteiger partial charge in [-0.1, -0.05) is 54.2 Å². The smallest absolute Gasteiger partial charge is 0.262 e. The van der Waals surface area contributed by atoms with Crippen LogP contribution < -0.4 is 5.56 Å². The van der Waals surface area contributed by atoms with Crippen molar-refractivity contribution in [3.63, 3.8) is 0 Å². The lowest BCUT2D eigenvalue weighted by molar-refractivity contribution is -0.127. The summed E-state index contributed by atoms with van der Waals surface area (Å²) in [7, 11) is 1.68. The van der Waals surface area contributed by atoms with Crippen molar-refractivity contribution in [3.8, 4) is 6.07 Å². The predicted octanol–water partition coefficient (Wildman–Crippen LogP) is 3.49. The molecule has 0 aliphatic rings. The molecule has 0 saturated carbocycles. The Labute approximate surface area is 180 Å². The molecule has 1 aromatic heterocycles. The summed E-state index contributed by atoms with van der Waals surface area (Å²) in [5.74, 6) is 0.0827. The molecule has 0 saturated heterocycles. The minimum atomic E-state index is -0.0894. The molecule has 0 atom stereocenters. The zero-order valence-corrected chi connectivity index (χ0v) is 17.8. The molecule has 0 aliphatic carbocycles. The van der Waals surface area contributed by atoms with Gasteiger partial charge in [0.2, 0.25) is 5.91 Å². The summed E-state index contributed by atoms with van der Waals surface area (Å²) in [6, 6.07) is 19.5. The average Bonchev–Trinajstić information content (AvgIpc) is 2.78. The molecule has 0 unspecified atom stereocenters. The number of hydrogen-bond acceptors (Lipinski definition) is 5. The van der Waals surface area contributed by atoms with Crippen LogP contribution in [0.2, 0.25) is 0 Å². The molecular formula is C23H24N4O2S. The van der Waals surface area contributed by atoms with Crippen molar-refractivity contribution in [2.45, 2.75) is 31.0 Å². The van der Waals surface area contributed by atoms with E-state index in [1.807, 2.05) is 42.5 Å². The number of aromatic nitrogens is 2. The molecule has 1 amide bonds. The van der Waals surface area contributed by atoms with Crippen LogP contribution in [0, 0.1) is 11.3 Å². The van der Waals surface area contributed by atoms with Gasteiger partial charge in [0.25, 0.3) is 5.56 Å². The quantitative estimate of drug-likeness (QED) is 0.391. The molecule has 0 spiro atoms. The number of rotatable bonds is 9. The number of para-hydroxylation sites is 1. The molecule has 30 heavy (non-hydrogen) atoms. The van der Waals surface area contributed by atoms with Crippen molar-refractivity contribution < 1.29 is 4.79 Å². The van der Waals surface area contributed by atoms with Crippen molar-refractivity contribution in [1.29, 1.82) is 5.26 Å². The molecule has 154 valence electrons. The molecule has 0 radical (unpaired) electrons. The first-order chi connectivity index (χ1) is 14.6. The number of aryl methyl sites for hydroxylation is 1. The summed E-state index contributed by atoms with van der Waals surface area (Å²) in [5, 5.41) is 9.83. The van der Waals surface area contributed by atoms with Gasteiger partial charge >= 0.3 is 0 Å². The fourth-order valence-corrected chi connectivity index (χ4v) is 4.09. The second-order valence-electron chi connectivity index (χ2n) is 6.97. The Balaban J connectivity index is 1.79. The number of fused-ring (bicyclic) bond motifs is 1. The number of benzene rings is 2. The highest BCUT2D eigenvalue weighted by atomic mass is 32.2. The maximum Gasteiger partial charge on any atom is 0.262 e. The number of hydrogen-bond donors (Lipinski definition) is 0. The Morgan fingerprint density at radius 2 is 1.90 bits per heavy atom. The van der Waals surface area contributed by atoms with E-state index in [-0.39, 0.29) is 17.2 Å². The molecular weight excluding hydrogens is 396 g/mol. The summed E-state index contributed by atoms with van der Waals surface area (Å²) in [5.41, 5.74) is 1.78. The second kappa shape index (κ2) is 10.6. The number of carbonyl (C=O) groups is 1. The van der Waals surface area contributed by atoms with Crippen LogP contribution in [-0.4, -0.2) is 39.7 Å². The standard InChI is InChI=1S/C23H24N4O2S/c1-26(15-8-14-24)21(28)17-30-23-25-20-13-6-5-12-19(20)22(29)27(23)16-7-11-18-9-3-2-4-10-18/h2-6,9-10,12-13H,7-8,11,15-17H2,1H3. The van der Waals surface area contributed by atoms with Crippen molar-refractivity contribution >= 4 is 28.6 Å². The summed E-state index contributed by atoms with van der Waals surface area (Å²) in [4.78, 5) is 31.6. The fraction of sp³-hybridized carbons (Fsp3) is 0.304. The second-order valence-corrected chi connectivity index (χ2v) is 7.91. The first-order valence-corrected chi connectivity index (χ1v) is 10.9. The highest BCUT2D eigenvalue weighted by Crippen LogP contribution is 2.19. The van der Waals surface area contributed by atoms with E-state index in [0.29, 0.717) is 35.6 Å². The first kappa shape index (κ1) is 21.6. The zero-order valence-electron chi connectivity index (χ0n) is 17.0. The largest absolute Gasteiger partial charge is 0.344 e. The number of carbonyl (C=O) groups excluding carboxylic acids is 1. The normalized spacial score (nSPS) is 10.7. The predicted molar refractivity (Wildman–Crippen MR) is 119 cm³/mol. The number of nitriles is 1. The van der Waals surface area contributed by atoms with Gasteiger partial charge in [0.15, 0.2) is 5.16 Å². The van der Waals surface area contributed by atoms with Gasteiger partial charge in [-0.25, -0.2) is 4.98 Å². The minimum absolute atomic E-state index is 0.0820. The third-order valence-electron chi connectivity index (χ3n) is 4.83. The van der Waals surface area contributed by atoms with Crippen LogP contribution in [0.3, 0.4) is 0 Å².